The highest BCUT2D eigenvalue weighted by Gasteiger charge is 2.40. The molecule has 2 aromatic heterocycles. The van der Waals surface area contributed by atoms with Gasteiger partial charge in [0.25, 0.3) is 0 Å². The van der Waals surface area contributed by atoms with Crippen LogP contribution >= 0.6 is 23.2 Å². The molecule has 6 nitrogen and oxygen atoms in total. The van der Waals surface area contributed by atoms with E-state index in [-0.39, 0.29) is 6.04 Å². The van der Waals surface area contributed by atoms with Gasteiger partial charge in [-0.3, -0.25) is 0 Å². The first-order valence-corrected chi connectivity index (χ1v) is 10.6. The van der Waals surface area contributed by atoms with Crippen LogP contribution in [0.15, 0.2) is 67.3 Å². The number of pyridine rings is 1. The number of carboxylic acid groups (broad SMARTS) is 1. The van der Waals surface area contributed by atoms with Crippen molar-refractivity contribution in [2.45, 2.75) is 24.9 Å². The van der Waals surface area contributed by atoms with E-state index in [1.54, 1.807) is 18.6 Å². The molecule has 1 N–H and O–H groups in total. The molecule has 31 heavy (non-hydrogen) atoms. The summed E-state index contributed by atoms with van der Waals surface area (Å²) in [5.74, 6) is -0.333. The molecule has 2 aromatic carbocycles. The Balaban J connectivity index is 1.75. The van der Waals surface area contributed by atoms with E-state index in [1.165, 1.54) is 0 Å². The molecule has 1 aliphatic rings. The monoisotopic (exact) mass is 452 g/mol. The number of aliphatic carboxylic acids is 1. The Hall–Kier alpha value is -3.09. The second kappa shape index (κ2) is 7.87. The molecule has 156 valence electrons. The Morgan fingerprint density at radius 3 is 2.61 bits per heavy atom. The third-order valence-corrected chi connectivity index (χ3v) is 6.53. The van der Waals surface area contributed by atoms with Crippen molar-refractivity contribution in [1.29, 1.82) is 0 Å². The Kier molecular flexibility index (Phi) is 5.04. The predicted octanol–water partition coefficient (Wildman–Crippen LogP) is 5.52. The highest BCUT2D eigenvalue weighted by molar-refractivity contribution is 6.45. The molecule has 1 unspecified atom stereocenters. The predicted molar refractivity (Wildman–Crippen MR) is 121 cm³/mol. The van der Waals surface area contributed by atoms with Crippen molar-refractivity contribution in [3.05, 3.63) is 82.9 Å². The number of halogens is 2. The van der Waals surface area contributed by atoms with Gasteiger partial charge in [0.05, 0.1) is 33.6 Å². The summed E-state index contributed by atoms with van der Waals surface area (Å²) < 4.78 is 1.86. The first kappa shape index (κ1) is 19.8. The second-order valence-corrected chi connectivity index (χ2v) is 8.28. The van der Waals surface area contributed by atoms with Gasteiger partial charge in [-0.15, -0.1) is 0 Å². The minimum atomic E-state index is -0.873. The average Bonchev–Trinajstić information content (AvgIpc) is 3.47. The van der Waals surface area contributed by atoms with Gasteiger partial charge in [0.15, 0.2) is 0 Å². The minimum absolute atomic E-state index is 0.110. The summed E-state index contributed by atoms with van der Waals surface area (Å²) in [4.78, 5) is 23.0. The van der Waals surface area contributed by atoms with Crippen LogP contribution in [0.4, 0.5) is 5.82 Å². The van der Waals surface area contributed by atoms with Crippen LogP contribution in [0.1, 0.15) is 24.4 Å². The third kappa shape index (κ3) is 3.42. The third-order valence-electron chi connectivity index (χ3n) is 5.74. The highest BCUT2D eigenvalue weighted by atomic mass is 35.5. The maximum atomic E-state index is 12.1. The maximum absolute atomic E-state index is 12.1. The Bertz CT molecular complexity index is 1260. The first-order valence-electron chi connectivity index (χ1n) is 9.88. The molecule has 0 aliphatic carbocycles. The van der Waals surface area contributed by atoms with E-state index in [9.17, 15) is 9.90 Å². The number of carbonyl (C=O) groups is 1. The fourth-order valence-electron chi connectivity index (χ4n) is 4.33. The molecule has 2 atom stereocenters. The summed E-state index contributed by atoms with van der Waals surface area (Å²) in [6.45, 7) is 0. The zero-order valence-corrected chi connectivity index (χ0v) is 17.8. The molecular weight excluding hydrogens is 435 g/mol. The van der Waals surface area contributed by atoms with Crippen molar-refractivity contribution in [2.75, 3.05) is 4.90 Å². The van der Waals surface area contributed by atoms with Gasteiger partial charge in [0.2, 0.25) is 0 Å². The van der Waals surface area contributed by atoms with Gasteiger partial charge in [-0.05, 0) is 30.5 Å². The van der Waals surface area contributed by atoms with Gasteiger partial charge in [0, 0.05) is 23.8 Å². The van der Waals surface area contributed by atoms with Crippen molar-refractivity contribution in [3.63, 3.8) is 0 Å². The van der Waals surface area contributed by atoms with E-state index in [2.05, 4.69) is 4.98 Å². The number of hydrogen-bond acceptors (Lipinski definition) is 4. The molecule has 0 amide bonds. The lowest BCUT2D eigenvalue weighted by molar-refractivity contribution is -0.138. The van der Waals surface area contributed by atoms with E-state index in [0.29, 0.717) is 34.2 Å². The number of aromatic nitrogens is 3. The SMILES string of the molecule is O=C(O)C1CC[C@H](c2ccccc2)N1c1cc(-n2ccnc2)c2ccc(Cl)c(Cl)c2n1. The standard InChI is InChI=1S/C23H18Cl2N4O2/c24-16-7-6-15-19(28-11-10-26-13-28)12-20(27-22(15)21(16)25)29-17(8-9-18(29)23(30)31)14-4-2-1-3-5-14/h1-7,10-13,17-18H,8-9H2,(H,30,31)/t17-,18?/m1/s1. The lowest BCUT2D eigenvalue weighted by Gasteiger charge is -2.30. The molecule has 0 saturated carbocycles. The molecule has 3 heterocycles. The summed E-state index contributed by atoms with van der Waals surface area (Å²) >= 11 is 12.8. The van der Waals surface area contributed by atoms with Crippen molar-refractivity contribution in [1.82, 2.24) is 14.5 Å². The molecule has 4 aromatic rings. The summed E-state index contributed by atoms with van der Waals surface area (Å²) in [6.07, 6.45) is 6.44. The molecule has 0 radical (unpaired) electrons. The highest BCUT2D eigenvalue weighted by Crippen LogP contribution is 2.42. The van der Waals surface area contributed by atoms with Gasteiger partial charge in [-0.2, -0.15) is 0 Å². The summed E-state index contributed by atoms with van der Waals surface area (Å²) in [5, 5.41) is 11.5. The van der Waals surface area contributed by atoms with E-state index in [4.69, 9.17) is 28.2 Å². The van der Waals surface area contributed by atoms with Crippen molar-refractivity contribution < 1.29 is 9.90 Å². The van der Waals surface area contributed by atoms with Crippen LogP contribution in [-0.4, -0.2) is 31.7 Å². The fraction of sp³-hybridized carbons (Fsp3) is 0.174. The van der Waals surface area contributed by atoms with Crippen molar-refractivity contribution >= 4 is 45.9 Å². The lowest BCUT2D eigenvalue weighted by atomic mass is 10.0. The van der Waals surface area contributed by atoms with Crippen LogP contribution in [0.3, 0.4) is 0 Å². The van der Waals surface area contributed by atoms with Crippen LogP contribution < -0.4 is 4.90 Å². The van der Waals surface area contributed by atoms with E-state index in [1.807, 2.05) is 58.1 Å². The number of hydrogen-bond donors (Lipinski definition) is 1. The maximum Gasteiger partial charge on any atom is 0.326 e. The van der Waals surface area contributed by atoms with Gasteiger partial charge in [-0.25, -0.2) is 14.8 Å². The molecular formula is C23H18Cl2N4O2. The van der Waals surface area contributed by atoms with E-state index < -0.39 is 12.0 Å². The van der Waals surface area contributed by atoms with Gasteiger partial charge < -0.3 is 14.6 Å². The quantitative estimate of drug-likeness (QED) is 0.441. The summed E-state index contributed by atoms with van der Waals surface area (Å²) in [7, 11) is 0. The van der Waals surface area contributed by atoms with Gasteiger partial charge >= 0.3 is 5.97 Å². The topological polar surface area (TPSA) is 71.2 Å². The summed E-state index contributed by atoms with van der Waals surface area (Å²) in [6, 6.07) is 14.6. The average molecular weight is 453 g/mol. The zero-order valence-electron chi connectivity index (χ0n) is 16.3. The molecule has 1 saturated heterocycles. The van der Waals surface area contributed by atoms with Gasteiger partial charge in [-0.1, -0.05) is 53.5 Å². The zero-order chi connectivity index (χ0) is 21.5. The van der Waals surface area contributed by atoms with Crippen LogP contribution in [0.2, 0.25) is 10.0 Å². The Labute approximate surface area is 188 Å². The molecule has 0 bridgehead atoms. The number of nitrogens with zero attached hydrogens (tertiary/aromatic N) is 4. The molecule has 8 heteroatoms. The Morgan fingerprint density at radius 1 is 1.10 bits per heavy atom. The van der Waals surface area contributed by atoms with Crippen LogP contribution in [0.25, 0.3) is 16.6 Å². The van der Waals surface area contributed by atoms with Gasteiger partial charge in [0.1, 0.15) is 11.9 Å². The number of benzene rings is 2. The van der Waals surface area contributed by atoms with Crippen molar-refractivity contribution in [3.8, 4) is 5.69 Å². The number of rotatable bonds is 4. The Morgan fingerprint density at radius 2 is 1.90 bits per heavy atom. The lowest BCUT2D eigenvalue weighted by Crippen LogP contribution is -2.38. The fourth-order valence-corrected chi connectivity index (χ4v) is 4.69. The molecule has 1 fully saturated rings. The largest absolute Gasteiger partial charge is 0.480 e. The van der Waals surface area contributed by atoms with Crippen LogP contribution in [-0.2, 0) is 4.79 Å². The molecule has 1 aliphatic heterocycles. The number of imidazole rings is 1. The van der Waals surface area contributed by atoms with Crippen molar-refractivity contribution in [2.24, 2.45) is 0 Å². The molecule has 5 rings (SSSR count). The van der Waals surface area contributed by atoms with Crippen LogP contribution in [0.5, 0.6) is 0 Å². The number of fused-ring (bicyclic) bond motifs is 1. The van der Waals surface area contributed by atoms with E-state index >= 15 is 0 Å². The molecule has 0 spiro atoms. The normalized spacial score (nSPS) is 18.6. The number of anilines is 1. The van der Waals surface area contributed by atoms with Crippen LogP contribution in [0, 0.1) is 0 Å². The first-order chi connectivity index (χ1) is 15.0. The summed E-state index contributed by atoms with van der Waals surface area (Å²) in [5.41, 5.74) is 2.38. The second-order valence-electron chi connectivity index (χ2n) is 7.49. The smallest absolute Gasteiger partial charge is 0.326 e. The number of carboxylic acids is 1. The van der Waals surface area contributed by atoms with E-state index in [0.717, 1.165) is 16.6 Å². The minimum Gasteiger partial charge on any atom is -0.480 e.